The Kier molecular flexibility index (Phi) is 11.2. The van der Waals surface area contributed by atoms with Crippen LogP contribution in [0.25, 0.3) is 0 Å². The second kappa shape index (κ2) is 11.9. The van der Waals surface area contributed by atoms with Gasteiger partial charge in [-0.1, -0.05) is 18.2 Å². The molecule has 0 saturated carbocycles. The lowest BCUT2D eigenvalue weighted by molar-refractivity contribution is -0.128. The Bertz CT molecular complexity index is 507. The van der Waals surface area contributed by atoms with E-state index >= 15 is 0 Å². The van der Waals surface area contributed by atoms with Gasteiger partial charge in [0.05, 0.1) is 18.5 Å². The summed E-state index contributed by atoms with van der Waals surface area (Å²) in [4.78, 5) is 16.3. The highest BCUT2D eigenvalue weighted by molar-refractivity contribution is 14.0. The van der Waals surface area contributed by atoms with Crippen molar-refractivity contribution >= 4 is 35.8 Å². The molecule has 0 bridgehead atoms. The molecule has 0 aliphatic heterocycles. The van der Waals surface area contributed by atoms with Gasteiger partial charge in [0, 0.05) is 13.6 Å². The van der Waals surface area contributed by atoms with E-state index in [0.717, 1.165) is 12.3 Å². The van der Waals surface area contributed by atoms with Crippen molar-refractivity contribution < 1.29 is 9.53 Å². The Balaban J connectivity index is 0.00000529. The molecule has 24 heavy (non-hydrogen) atoms. The van der Waals surface area contributed by atoms with E-state index in [1.54, 1.807) is 7.05 Å². The molecule has 0 aliphatic carbocycles. The zero-order valence-corrected chi connectivity index (χ0v) is 17.2. The molecule has 0 radical (unpaired) electrons. The Labute approximate surface area is 161 Å². The molecule has 0 aliphatic rings. The summed E-state index contributed by atoms with van der Waals surface area (Å²) in [5.74, 6) is 1.50. The maximum atomic E-state index is 11.8. The molecule has 0 aromatic heterocycles. The van der Waals surface area contributed by atoms with Crippen LogP contribution in [0.3, 0.4) is 0 Å². The minimum absolute atomic E-state index is 0. The van der Waals surface area contributed by atoms with Gasteiger partial charge in [-0.15, -0.1) is 24.0 Å². The van der Waals surface area contributed by atoms with Crippen LogP contribution in [0.1, 0.15) is 20.8 Å². The van der Waals surface area contributed by atoms with Crippen molar-refractivity contribution in [2.75, 3.05) is 33.3 Å². The second-order valence-electron chi connectivity index (χ2n) is 5.75. The predicted molar refractivity (Wildman–Crippen MR) is 109 cm³/mol. The quantitative estimate of drug-likeness (QED) is 0.246. The summed E-state index contributed by atoms with van der Waals surface area (Å²) in [5, 5.41) is 9.03. The monoisotopic (exact) mass is 448 g/mol. The van der Waals surface area contributed by atoms with Crippen molar-refractivity contribution in [1.29, 1.82) is 0 Å². The molecular formula is C17H29IN4O2. The highest BCUT2D eigenvalue weighted by Crippen LogP contribution is 2.15. The van der Waals surface area contributed by atoms with Crippen LogP contribution in [-0.2, 0) is 4.79 Å². The van der Waals surface area contributed by atoms with E-state index in [-0.39, 0.29) is 29.9 Å². The van der Waals surface area contributed by atoms with Crippen molar-refractivity contribution in [1.82, 2.24) is 16.0 Å². The highest BCUT2D eigenvalue weighted by Gasteiger charge is 2.26. The van der Waals surface area contributed by atoms with Gasteiger partial charge in [-0.2, -0.15) is 0 Å². The van der Waals surface area contributed by atoms with Gasteiger partial charge < -0.3 is 20.7 Å². The molecule has 6 nitrogen and oxygen atoms in total. The van der Waals surface area contributed by atoms with E-state index in [4.69, 9.17) is 4.74 Å². The lowest BCUT2D eigenvalue weighted by Gasteiger charge is -2.21. The van der Waals surface area contributed by atoms with Crippen LogP contribution < -0.4 is 20.7 Å². The smallest absolute Gasteiger partial charge is 0.227 e. The van der Waals surface area contributed by atoms with Crippen molar-refractivity contribution in [2.45, 2.75) is 20.8 Å². The molecule has 1 amide bonds. The fourth-order valence-corrected chi connectivity index (χ4v) is 1.88. The molecule has 0 unspecified atom stereocenters. The largest absolute Gasteiger partial charge is 0.492 e. The average molecular weight is 448 g/mol. The van der Waals surface area contributed by atoms with Gasteiger partial charge >= 0.3 is 0 Å². The lowest BCUT2D eigenvalue weighted by atomic mass is 9.93. The molecule has 3 N–H and O–H groups in total. The normalized spacial score (nSPS) is 11.2. The van der Waals surface area contributed by atoms with Gasteiger partial charge in [-0.25, -0.2) is 0 Å². The number of nitrogens with one attached hydrogen (secondary N) is 3. The molecule has 0 heterocycles. The first-order valence-electron chi connectivity index (χ1n) is 7.92. The fraction of sp³-hybridized carbons (Fsp3) is 0.529. The molecule has 0 spiro atoms. The maximum absolute atomic E-state index is 11.8. The van der Waals surface area contributed by atoms with Gasteiger partial charge in [0.25, 0.3) is 0 Å². The summed E-state index contributed by atoms with van der Waals surface area (Å²) in [6, 6.07) is 9.68. The Morgan fingerprint density at radius 3 is 2.46 bits per heavy atom. The number of ether oxygens (including phenoxy) is 1. The first kappa shape index (κ1) is 22.5. The third-order valence-electron chi connectivity index (χ3n) is 3.22. The van der Waals surface area contributed by atoms with Crippen LogP contribution in [0.2, 0.25) is 0 Å². The summed E-state index contributed by atoms with van der Waals surface area (Å²) < 4.78 is 5.63. The Hall–Kier alpha value is -1.51. The first-order valence-corrected chi connectivity index (χ1v) is 7.92. The number of rotatable bonds is 8. The predicted octanol–water partition coefficient (Wildman–Crippen LogP) is 2.01. The number of para-hydroxylation sites is 1. The summed E-state index contributed by atoms with van der Waals surface area (Å²) in [7, 11) is 1.64. The van der Waals surface area contributed by atoms with Crippen molar-refractivity contribution in [3.05, 3.63) is 30.3 Å². The number of amides is 1. The summed E-state index contributed by atoms with van der Waals surface area (Å²) in [5.41, 5.74) is -0.544. The highest BCUT2D eigenvalue weighted by atomic mass is 127. The van der Waals surface area contributed by atoms with E-state index < -0.39 is 5.41 Å². The van der Waals surface area contributed by atoms with E-state index in [2.05, 4.69) is 20.9 Å². The molecule has 0 fully saturated rings. The third kappa shape index (κ3) is 8.37. The first-order chi connectivity index (χ1) is 11.0. The molecule has 136 valence electrons. The van der Waals surface area contributed by atoms with Gasteiger partial charge in [-0.05, 0) is 32.9 Å². The van der Waals surface area contributed by atoms with Gasteiger partial charge in [0.15, 0.2) is 5.96 Å². The van der Waals surface area contributed by atoms with E-state index in [1.165, 1.54) is 0 Å². The number of aliphatic imine (C=N–C) groups is 1. The van der Waals surface area contributed by atoms with Crippen molar-refractivity contribution in [3.63, 3.8) is 0 Å². The number of guanidine groups is 1. The lowest BCUT2D eigenvalue weighted by Crippen LogP contribution is -2.42. The van der Waals surface area contributed by atoms with Crippen LogP contribution in [-0.4, -0.2) is 45.2 Å². The van der Waals surface area contributed by atoms with Crippen LogP contribution in [0.5, 0.6) is 5.75 Å². The van der Waals surface area contributed by atoms with Crippen molar-refractivity contribution in [2.24, 2.45) is 10.4 Å². The molecular weight excluding hydrogens is 419 g/mol. The third-order valence-corrected chi connectivity index (χ3v) is 3.22. The summed E-state index contributed by atoms with van der Waals surface area (Å²) >= 11 is 0. The van der Waals surface area contributed by atoms with E-state index in [1.807, 2.05) is 51.1 Å². The molecule has 0 atom stereocenters. The number of benzene rings is 1. The van der Waals surface area contributed by atoms with Crippen LogP contribution in [0.4, 0.5) is 0 Å². The Morgan fingerprint density at radius 1 is 1.21 bits per heavy atom. The van der Waals surface area contributed by atoms with E-state index in [0.29, 0.717) is 25.7 Å². The van der Waals surface area contributed by atoms with Gasteiger partial charge in [0.2, 0.25) is 5.91 Å². The van der Waals surface area contributed by atoms with Crippen molar-refractivity contribution in [3.8, 4) is 5.75 Å². The fourth-order valence-electron chi connectivity index (χ4n) is 1.88. The zero-order chi connectivity index (χ0) is 17.1. The number of carbonyl (C=O) groups excluding carboxylic acids is 1. The minimum atomic E-state index is -0.544. The standard InChI is InChI=1S/C17H28N4O2.HI/c1-5-19-16(21-13-17(2,3)15(22)18-4)20-11-12-23-14-9-7-6-8-10-14;/h6-10H,5,11-13H2,1-4H3,(H,18,22)(H2,19,20,21);1H. The maximum Gasteiger partial charge on any atom is 0.227 e. The molecule has 1 aromatic carbocycles. The topological polar surface area (TPSA) is 74.8 Å². The van der Waals surface area contributed by atoms with Crippen LogP contribution >= 0.6 is 24.0 Å². The van der Waals surface area contributed by atoms with E-state index in [9.17, 15) is 4.79 Å². The molecule has 0 saturated heterocycles. The van der Waals surface area contributed by atoms with Crippen LogP contribution in [0.15, 0.2) is 35.3 Å². The van der Waals surface area contributed by atoms with Crippen LogP contribution in [0, 0.1) is 5.41 Å². The average Bonchev–Trinajstić information content (AvgIpc) is 2.56. The zero-order valence-electron chi connectivity index (χ0n) is 14.9. The summed E-state index contributed by atoms with van der Waals surface area (Å²) in [6.07, 6.45) is 0. The van der Waals surface area contributed by atoms with Gasteiger partial charge in [0.1, 0.15) is 12.4 Å². The second-order valence-corrected chi connectivity index (χ2v) is 5.75. The Morgan fingerprint density at radius 2 is 1.88 bits per heavy atom. The molecule has 1 rings (SSSR count). The summed E-state index contributed by atoms with van der Waals surface area (Å²) in [6.45, 7) is 8.07. The SMILES string of the molecule is CCNC(=NCC(C)(C)C(=O)NC)NCCOc1ccccc1.I. The van der Waals surface area contributed by atoms with Gasteiger partial charge in [-0.3, -0.25) is 9.79 Å². The molecule has 7 heteroatoms. The minimum Gasteiger partial charge on any atom is -0.492 e. The number of hydrogen-bond acceptors (Lipinski definition) is 3. The molecule has 1 aromatic rings. The number of nitrogens with zero attached hydrogens (tertiary/aromatic N) is 1. The number of hydrogen-bond donors (Lipinski definition) is 3. The number of halogens is 1. The number of carbonyl (C=O) groups is 1.